The minimum Gasteiger partial charge on any atom is -0.496 e. The van der Waals surface area contributed by atoms with Crippen LogP contribution in [0, 0.1) is 0 Å². The van der Waals surface area contributed by atoms with Gasteiger partial charge in [0.1, 0.15) is 18.0 Å². The number of aromatic nitrogens is 2. The number of halogens is 1. The lowest BCUT2D eigenvalue weighted by molar-refractivity contribution is -0.121. The molecule has 132 valence electrons. The third kappa shape index (κ3) is 2.97. The van der Waals surface area contributed by atoms with E-state index in [1.54, 1.807) is 25.3 Å². The van der Waals surface area contributed by atoms with E-state index in [0.717, 1.165) is 0 Å². The molecule has 1 aliphatic rings. The average molecular weight is 372 g/mol. The van der Waals surface area contributed by atoms with E-state index in [2.05, 4.69) is 10.1 Å². The smallest absolute Gasteiger partial charge is 0.265 e. The summed E-state index contributed by atoms with van der Waals surface area (Å²) in [7, 11) is 1.58. The Hall–Kier alpha value is -3.06. The topological polar surface area (TPSA) is 77.7 Å². The Morgan fingerprint density at radius 3 is 2.96 bits per heavy atom. The van der Waals surface area contributed by atoms with Crippen molar-refractivity contribution in [1.82, 2.24) is 10.1 Å². The van der Waals surface area contributed by atoms with Gasteiger partial charge in [-0.2, -0.15) is 4.98 Å². The normalized spacial score (nSPS) is 13.3. The third-order valence-electron chi connectivity index (χ3n) is 3.97. The summed E-state index contributed by atoms with van der Waals surface area (Å²) in [5.74, 6) is 1.69. The minimum atomic E-state index is -0.197. The van der Waals surface area contributed by atoms with E-state index >= 15 is 0 Å². The fourth-order valence-electron chi connectivity index (χ4n) is 2.74. The van der Waals surface area contributed by atoms with Gasteiger partial charge in [0.15, 0.2) is 6.61 Å². The summed E-state index contributed by atoms with van der Waals surface area (Å²) < 4.78 is 16.1. The zero-order valence-corrected chi connectivity index (χ0v) is 14.6. The molecule has 3 aromatic rings. The molecule has 1 aliphatic heterocycles. The van der Waals surface area contributed by atoms with Crippen molar-refractivity contribution in [3.05, 3.63) is 53.4 Å². The Balaban J connectivity index is 1.63. The van der Waals surface area contributed by atoms with E-state index in [-0.39, 0.29) is 19.1 Å². The van der Waals surface area contributed by atoms with Crippen molar-refractivity contribution in [2.75, 3.05) is 18.6 Å². The first-order chi connectivity index (χ1) is 12.7. The van der Waals surface area contributed by atoms with Crippen LogP contribution in [0.5, 0.6) is 11.5 Å². The summed E-state index contributed by atoms with van der Waals surface area (Å²) in [5.41, 5.74) is 1.33. The van der Waals surface area contributed by atoms with Gasteiger partial charge >= 0.3 is 0 Å². The number of fused-ring (bicyclic) bond motifs is 1. The van der Waals surface area contributed by atoms with Gasteiger partial charge in [-0.15, -0.1) is 0 Å². The number of para-hydroxylation sites is 1. The van der Waals surface area contributed by atoms with Crippen LogP contribution in [-0.4, -0.2) is 29.8 Å². The molecule has 1 amide bonds. The molecule has 26 heavy (non-hydrogen) atoms. The third-order valence-corrected chi connectivity index (χ3v) is 4.21. The van der Waals surface area contributed by atoms with Crippen LogP contribution in [0.1, 0.15) is 5.89 Å². The standard InChI is InChI=1S/C18H14ClN3O4/c1-24-14-5-3-2-4-12(14)18-20-16(26-21-18)9-22-13-7-6-11(19)8-15(13)25-10-17(22)23/h2-8H,9-10H2,1H3. The lowest BCUT2D eigenvalue weighted by Gasteiger charge is -2.28. The zero-order chi connectivity index (χ0) is 18.1. The molecule has 2 aromatic carbocycles. The monoisotopic (exact) mass is 371 g/mol. The molecule has 0 N–H and O–H groups in total. The van der Waals surface area contributed by atoms with Gasteiger partial charge in [0.25, 0.3) is 5.91 Å². The van der Waals surface area contributed by atoms with Crippen LogP contribution in [-0.2, 0) is 11.3 Å². The van der Waals surface area contributed by atoms with Crippen molar-refractivity contribution in [1.29, 1.82) is 0 Å². The number of hydrogen-bond donors (Lipinski definition) is 0. The molecule has 0 radical (unpaired) electrons. The van der Waals surface area contributed by atoms with Gasteiger partial charge in [0.2, 0.25) is 11.7 Å². The predicted octanol–water partition coefficient (Wildman–Crippen LogP) is 3.32. The maximum atomic E-state index is 12.3. The van der Waals surface area contributed by atoms with E-state index < -0.39 is 0 Å². The SMILES string of the molecule is COc1ccccc1-c1noc(CN2C(=O)COc3cc(Cl)ccc32)n1. The second-order valence-corrected chi connectivity index (χ2v) is 6.03. The fourth-order valence-corrected chi connectivity index (χ4v) is 2.91. The minimum absolute atomic E-state index is 0.0686. The summed E-state index contributed by atoms with van der Waals surface area (Å²) in [5, 5.41) is 4.54. The van der Waals surface area contributed by atoms with Crippen molar-refractivity contribution < 1.29 is 18.8 Å². The first-order valence-corrected chi connectivity index (χ1v) is 8.22. The Morgan fingerprint density at radius 1 is 1.27 bits per heavy atom. The van der Waals surface area contributed by atoms with Crippen LogP contribution >= 0.6 is 11.6 Å². The molecule has 2 heterocycles. The number of nitrogens with zero attached hydrogens (tertiary/aromatic N) is 3. The van der Waals surface area contributed by atoms with Gasteiger partial charge in [0.05, 0.1) is 18.4 Å². The Morgan fingerprint density at radius 2 is 2.12 bits per heavy atom. The van der Waals surface area contributed by atoms with Gasteiger partial charge in [-0.1, -0.05) is 28.9 Å². The van der Waals surface area contributed by atoms with Crippen LogP contribution in [0.25, 0.3) is 11.4 Å². The number of rotatable bonds is 4. The molecular weight excluding hydrogens is 358 g/mol. The Labute approximate surface area is 154 Å². The Bertz CT molecular complexity index is 973. The predicted molar refractivity (Wildman–Crippen MR) is 94.4 cm³/mol. The van der Waals surface area contributed by atoms with Gasteiger partial charge in [-0.05, 0) is 24.3 Å². The van der Waals surface area contributed by atoms with Crippen LogP contribution in [0.2, 0.25) is 5.02 Å². The number of carbonyl (C=O) groups excluding carboxylic acids is 1. The molecule has 0 unspecified atom stereocenters. The molecule has 8 heteroatoms. The summed E-state index contributed by atoms with van der Waals surface area (Å²) >= 11 is 5.98. The summed E-state index contributed by atoms with van der Waals surface area (Å²) in [6.45, 7) is 0.0693. The lowest BCUT2D eigenvalue weighted by Crippen LogP contribution is -2.38. The van der Waals surface area contributed by atoms with Crippen molar-refractivity contribution >= 4 is 23.2 Å². The van der Waals surface area contributed by atoms with Crippen molar-refractivity contribution in [3.63, 3.8) is 0 Å². The largest absolute Gasteiger partial charge is 0.496 e. The zero-order valence-electron chi connectivity index (χ0n) is 13.8. The molecule has 0 bridgehead atoms. The molecule has 0 spiro atoms. The molecule has 4 rings (SSSR count). The van der Waals surface area contributed by atoms with E-state index in [4.69, 9.17) is 25.6 Å². The molecule has 0 atom stereocenters. The molecule has 7 nitrogen and oxygen atoms in total. The molecule has 1 aromatic heterocycles. The number of benzene rings is 2. The van der Waals surface area contributed by atoms with E-state index in [9.17, 15) is 4.79 Å². The summed E-state index contributed by atoms with van der Waals surface area (Å²) in [6.07, 6.45) is 0. The number of ether oxygens (including phenoxy) is 2. The number of anilines is 1. The van der Waals surface area contributed by atoms with Gasteiger partial charge in [-0.3, -0.25) is 9.69 Å². The van der Waals surface area contributed by atoms with Crippen LogP contribution in [0.3, 0.4) is 0 Å². The molecule has 0 aliphatic carbocycles. The highest BCUT2D eigenvalue weighted by Crippen LogP contribution is 2.35. The molecule has 0 saturated carbocycles. The first kappa shape index (κ1) is 16.4. The van der Waals surface area contributed by atoms with Crippen molar-refractivity contribution in [3.8, 4) is 22.9 Å². The van der Waals surface area contributed by atoms with Crippen LogP contribution in [0.15, 0.2) is 47.0 Å². The second-order valence-electron chi connectivity index (χ2n) is 5.59. The number of hydrogen-bond acceptors (Lipinski definition) is 6. The van der Waals surface area contributed by atoms with E-state index in [0.29, 0.717) is 39.5 Å². The van der Waals surface area contributed by atoms with Crippen LogP contribution in [0.4, 0.5) is 5.69 Å². The second kappa shape index (κ2) is 6.68. The van der Waals surface area contributed by atoms with Gasteiger partial charge in [0, 0.05) is 11.1 Å². The highest BCUT2D eigenvalue weighted by Gasteiger charge is 2.27. The van der Waals surface area contributed by atoms with Gasteiger partial charge < -0.3 is 14.0 Å². The molecule has 0 saturated heterocycles. The summed E-state index contributed by atoms with van der Waals surface area (Å²) in [6, 6.07) is 12.5. The Kier molecular flexibility index (Phi) is 4.22. The van der Waals surface area contributed by atoms with Crippen molar-refractivity contribution in [2.45, 2.75) is 6.54 Å². The maximum Gasteiger partial charge on any atom is 0.265 e. The van der Waals surface area contributed by atoms with Gasteiger partial charge in [-0.25, -0.2) is 0 Å². The molecular formula is C18H14ClN3O4. The van der Waals surface area contributed by atoms with E-state index in [1.165, 1.54) is 4.90 Å². The highest BCUT2D eigenvalue weighted by molar-refractivity contribution is 6.30. The van der Waals surface area contributed by atoms with Crippen molar-refractivity contribution in [2.24, 2.45) is 0 Å². The number of methoxy groups -OCH3 is 1. The fraction of sp³-hybridized carbons (Fsp3) is 0.167. The number of carbonyl (C=O) groups is 1. The summed E-state index contributed by atoms with van der Waals surface area (Å²) in [4.78, 5) is 18.2. The van der Waals surface area contributed by atoms with Crippen LogP contribution < -0.4 is 14.4 Å². The quantitative estimate of drug-likeness (QED) is 0.700. The number of amides is 1. The highest BCUT2D eigenvalue weighted by atomic mass is 35.5. The maximum absolute atomic E-state index is 12.3. The van der Waals surface area contributed by atoms with E-state index in [1.807, 2.05) is 24.3 Å². The lowest BCUT2D eigenvalue weighted by atomic mass is 10.2. The average Bonchev–Trinajstić information content (AvgIpc) is 3.12. The molecule has 0 fully saturated rings. The first-order valence-electron chi connectivity index (χ1n) is 7.84.